The first kappa shape index (κ1) is 30.7. The van der Waals surface area contributed by atoms with Crippen LogP contribution in [-0.2, 0) is 25.6 Å². The first-order valence-electron chi connectivity index (χ1n) is 13.2. The van der Waals surface area contributed by atoms with Crippen molar-refractivity contribution >= 4 is 35.1 Å². The van der Waals surface area contributed by atoms with Gasteiger partial charge in [-0.05, 0) is 54.8 Å². The molecule has 10 heteroatoms. The molecule has 3 atom stereocenters. The SMILES string of the molecule is CC(NC(=O)C(Cc1ccccc1)NC(=O)c1ccccc1)C(=O)NC(C(=O)C(=O)Nc1ccc(F)cc1)C(C)C. The minimum Gasteiger partial charge on any atom is -0.344 e. The fraction of sp³-hybridized carbons (Fsp3) is 0.258. The van der Waals surface area contributed by atoms with Crippen molar-refractivity contribution in [1.29, 1.82) is 0 Å². The largest absolute Gasteiger partial charge is 0.344 e. The second-order valence-corrected chi connectivity index (χ2v) is 9.87. The number of carbonyl (C=O) groups excluding carboxylic acids is 5. The van der Waals surface area contributed by atoms with Crippen LogP contribution in [-0.4, -0.2) is 47.5 Å². The topological polar surface area (TPSA) is 133 Å². The monoisotopic (exact) mass is 560 g/mol. The summed E-state index contributed by atoms with van der Waals surface area (Å²) < 4.78 is 13.1. The minimum absolute atomic E-state index is 0.177. The van der Waals surface area contributed by atoms with E-state index >= 15 is 0 Å². The molecule has 9 nitrogen and oxygen atoms in total. The Morgan fingerprint density at radius 3 is 1.88 bits per heavy atom. The van der Waals surface area contributed by atoms with Crippen LogP contribution in [0.1, 0.15) is 36.7 Å². The fourth-order valence-corrected chi connectivity index (χ4v) is 3.95. The molecule has 0 radical (unpaired) electrons. The third-order valence-electron chi connectivity index (χ3n) is 6.27. The quantitative estimate of drug-likeness (QED) is 0.253. The number of hydrogen-bond donors (Lipinski definition) is 4. The maximum Gasteiger partial charge on any atom is 0.293 e. The number of carbonyl (C=O) groups is 5. The Morgan fingerprint density at radius 1 is 0.707 bits per heavy atom. The molecule has 4 N–H and O–H groups in total. The highest BCUT2D eigenvalue weighted by Gasteiger charge is 2.32. The summed E-state index contributed by atoms with van der Waals surface area (Å²) in [6, 6.07) is 19.2. The highest BCUT2D eigenvalue weighted by molar-refractivity contribution is 6.42. The molecule has 0 saturated heterocycles. The summed E-state index contributed by atoms with van der Waals surface area (Å²) in [6.45, 7) is 4.75. The van der Waals surface area contributed by atoms with E-state index in [4.69, 9.17) is 0 Å². The van der Waals surface area contributed by atoms with E-state index in [0.29, 0.717) is 5.56 Å². The number of amides is 4. The van der Waals surface area contributed by atoms with Gasteiger partial charge in [0.25, 0.3) is 11.8 Å². The van der Waals surface area contributed by atoms with Gasteiger partial charge in [-0.1, -0.05) is 62.4 Å². The zero-order chi connectivity index (χ0) is 29.9. The van der Waals surface area contributed by atoms with Crippen LogP contribution < -0.4 is 21.3 Å². The Hall–Kier alpha value is -4.86. The number of benzene rings is 3. The summed E-state index contributed by atoms with van der Waals surface area (Å²) in [5.74, 6) is -4.55. The molecule has 0 aliphatic carbocycles. The van der Waals surface area contributed by atoms with Crippen LogP contribution in [0.4, 0.5) is 10.1 Å². The lowest BCUT2D eigenvalue weighted by Gasteiger charge is -2.25. The number of hydrogen-bond acceptors (Lipinski definition) is 5. The molecule has 0 heterocycles. The molecule has 0 aliphatic heterocycles. The molecule has 0 aromatic heterocycles. The second-order valence-electron chi connectivity index (χ2n) is 9.87. The number of rotatable bonds is 12. The third kappa shape index (κ3) is 9.10. The molecule has 3 rings (SSSR count). The van der Waals surface area contributed by atoms with Crippen molar-refractivity contribution in [3.8, 4) is 0 Å². The smallest absolute Gasteiger partial charge is 0.293 e. The van der Waals surface area contributed by atoms with Crippen LogP contribution in [0.25, 0.3) is 0 Å². The summed E-state index contributed by atoms with van der Waals surface area (Å²) in [5, 5.41) is 10.3. The lowest BCUT2D eigenvalue weighted by molar-refractivity contribution is -0.138. The maximum atomic E-state index is 13.3. The third-order valence-corrected chi connectivity index (χ3v) is 6.27. The Bertz CT molecular complexity index is 1360. The zero-order valence-electron chi connectivity index (χ0n) is 23.0. The van der Waals surface area contributed by atoms with Crippen LogP contribution in [0, 0.1) is 11.7 Å². The van der Waals surface area contributed by atoms with Gasteiger partial charge in [-0.3, -0.25) is 24.0 Å². The van der Waals surface area contributed by atoms with Crippen molar-refractivity contribution in [2.45, 2.75) is 45.3 Å². The standard InChI is InChI=1S/C31H33FN4O5/c1-19(2)26(27(37)31(41)34-24-16-14-23(32)15-17-24)36-28(38)20(3)33-30(40)25(18-21-10-6-4-7-11-21)35-29(39)22-12-8-5-9-13-22/h4-17,19-20,25-26H,18H2,1-3H3,(H,33,40)(H,34,41)(H,35,39)(H,36,38). The molecule has 0 bridgehead atoms. The number of anilines is 1. The summed E-state index contributed by atoms with van der Waals surface area (Å²) in [7, 11) is 0. The molecule has 0 fully saturated rings. The summed E-state index contributed by atoms with van der Waals surface area (Å²) in [6.07, 6.45) is 0.177. The molecular weight excluding hydrogens is 527 g/mol. The van der Waals surface area contributed by atoms with E-state index in [1.165, 1.54) is 19.1 Å². The van der Waals surface area contributed by atoms with Gasteiger partial charge >= 0.3 is 0 Å². The van der Waals surface area contributed by atoms with Gasteiger partial charge in [0, 0.05) is 17.7 Å². The van der Waals surface area contributed by atoms with Crippen LogP contribution >= 0.6 is 0 Å². The second kappa shape index (κ2) is 14.5. The molecule has 3 aromatic rings. The zero-order valence-corrected chi connectivity index (χ0v) is 23.0. The van der Waals surface area contributed by atoms with Crippen molar-refractivity contribution in [2.75, 3.05) is 5.32 Å². The molecule has 214 valence electrons. The Balaban J connectivity index is 1.67. The van der Waals surface area contributed by atoms with E-state index in [-0.39, 0.29) is 12.1 Å². The van der Waals surface area contributed by atoms with E-state index in [9.17, 15) is 28.4 Å². The van der Waals surface area contributed by atoms with Gasteiger partial charge < -0.3 is 21.3 Å². The van der Waals surface area contributed by atoms with E-state index in [0.717, 1.165) is 17.7 Å². The average Bonchev–Trinajstić information content (AvgIpc) is 2.96. The molecule has 3 aromatic carbocycles. The van der Waals surface area contributed by atoms with Crippen LogP contribution in [0.5, 0.6) is 0 Å². The minimum atomic E-state index is -1.18. The highest BCUT2D eigenvalue weighted by atomic mass is 19.1. The van der Waals surface area contributed by atoms with Gasteiger partial charge in [-0.25, -0.2) is 4.39 Å². The van der Waals surface area contributed by atoms with E-state index in [1.807, 2.05) is 30.3 Å². The molecule has 41 heavy (non-hydrogen) atoms. The van der Waals surface area contributed by atoms with Gasteiger partial charge in [-0.15, -0.1) is 0 Å². The molecule has 0 spiro atoms. The lowest BCUT2D eigenvalue weighted by atomic mass is 9.98. The lowest BCUT2D eigenvalue weighted by Crippen LogP contribution is -2.56. The first-order chi connectivity index (χ1) is 19.5. The Labute approximate surface area is 237 Å². The summed E-state index contributed by atoms with van der Waals surface area (Å²) in [5.41, 5.74) is 1.40. The number of halogens is 1. The van der Waals surface area contributed by atoms with E-state index < -0.39 is 59.3 Å². The van der Waals surface area contributed by atoms with Gasteiger partial charge in [-0.2, -0.15) is 0 Å². The van der Waals surface area contributed by atoms with Gasteiger partial charge in [0.05, 0.1) is 6.04 Å². The number of Topliss-reactive ketones (excluding diaryl/α,β-unsaturated/α-hetero) is 1. The van der Waals surface area contributed by atoms with Crippen LogP contribution in [0.3, 0.4) is 0 Å². The van der Waals surface area contributed by atoms with E-state index in [1.54, 1.807) is 44.2 Å². The van der Waals surface area contributed by atoms with Crippen molar-refractivity contribution in [3.63, 3.8) is 0 Å². The van der Waals surface area contributed by atoms with Gasteiger partial charge in [0.1, 0.15) is 17.9 Å². The van der Waals surface area contributed by atoms with Crippen molar-refractivity contribution in [1.82, 2.24) is 16.0 Å². The van der Waals surface area contributed by atoms with Crippen molar-refractivity contribution < 1.29 is 28.4 Å². The average molecular weight is 561 g/mol. The molecule has 0 saturated carbocycles. The van der Waals surface area contributed by atoms with E-state index in [2.05, 4.69) is 21.3 Å². The maximum absolute atomic E-state index is 13.3. The summed E-state index contributed by atoms with van der Waals surface area (Å²) >= 11 is 0. The normalized spacial score (nSPS) is 12.9. The molecule has 3 unspecified atom stereocenters. The number of nitrogens with one attached hydrogen (secondary N) is 4. The molecule has 0 aliphatic rings. The van der Waals surface area contributed by atoms with Crippen molar-refractivity contribution in [3.05, 3.63) is 102 Å². The van der Waals surface area contributed by atoms with Gasteiger partial charge in [0.15, 0.2) is 0 Å². The predicted octanol–water partition coefficient (Wildman–Crippen LogP) is 3.02. The van der Waals surface area contributed by atoms with Gasteiger partial charge in [0.2, 0.25) is 17.6 Å². The highest BCUT2D eigenvalue weighted by Crippen LogP contribution is 2.11. The summed E-state index contributed by atoms with van der Waals surface area (Å²) in [4.78, 5) is 64.5. The fourth-order valence-electron chi connectivity index (χ4n) is 3.95. The predicted molar refractivity (Wildman–Crippen MR) is 152 cm³/mol. The Kier molecular flexibility index (Phi) is 10.9. The van der Waals surface area contributed by atoms with Crippen molar-refractivity contribution in [2.24, 2.45) is 5.92 Å². The van der Waals surface area contributed by atoms with Crippen LogP contribution in [0.2, 0.25) is 0 Å². The van der Waals surface area contributed by atoms with Crippen LogP contribution in [0.15, 0.2) is 84.9 Å². The molecular formula is C31H33FN4O5. The Morgan fingerprint density at radius 2 is 1.29 bits per heavy atom. The number of ketones is 1. The first-order valence-corrected chi connectivity index (χ1v) is 13.2. The molecule has 4 amide bonds.